The molecule has 1 fully saturated rings. The zero-order valence-electron chi connectivity index (χ0n) is 17.9. The van der Waals surface area contributed by atoms with Crippen LogP contribution < -0.4 is 4.90 Å². The van der Waals surface area contributed by atoms with E-state index in [-0.39, 0.29) is 18.2 Å². The summed E-state index contributed by atoms with van der Waals surface area (Å²) in [6.07, 6.45) is -0.191. The summed E-state index contributed by atoms with van der Waals surface area (Å²) in [5, 5.41) is 15.6. The first kappa shape index (κ1) is 22.7. The van der Waals surface area contributed by atoms with Crippen molar-refractivity contribution in [2.45, 2.75) is 25.6 Å². The van der Waals surface area contributed by atoms with E-state index in [1.807, 2.05) is 24.0 Å². The number of alkyl halides is 3. The maximum absolute atomic E-state index is 12.8. The molecule has 172 valence electrons. The van der Waals surface area contributed by atoms with Gasteiger partial charge in [0.15, 0.2) is 5.78 Å². The summed E-state index contributed by atoms with van der Waals surface area (Å²) in [4.78, 5) is 25.3. The maximum Gasteiger partial charge on any atom is 0.417 e. The molecule has 0 aromatic carbocycles. The van der Waals surface area contributed by atoms with E-state index in [0.29, 0.717) is 55.5 Å². The van der Waals surface area contributed by atoms with Crippen molar-refractivity contribution in [3.8, 4) is 6.07 Å². The Kier molecular flexibility index (Phi) is 6.29. The van der Waals surface area contributed by atoms with Gasteiger partial charge in [-0.2, -0.15) is 23.5 Å². The number of ketones is 1. The van der Waals surface area contributed by atoms with Crippen LogP contribution in [0.15, 0.2) is 41.2 Å². The minimum Gasteiger partial charge on any atom is -0.351 e. The minimum atomic E-state index is -4.41. The molecule has 33 heavy (non-hydrogen) atoms. The zero-order chi connectivity index (χ0) is 23.6. The topological polar surface area (TPSA) is 101 Å². The van der Waals surface area contributed by atoms with Gasteiger partial charge in [0.1, 0.15) is 17.6 Å². The number of nitriles is 1. The highest BCUT2D eigenvalue weighted by atomic mass is 19.4. The highest BCUT2D eigenvalue weighted by Crippen LogP contribution is 2.30. The molecule has 0 saturated carbocycles. The molecule has 0 unspecified atom stereocenters. The van der Waals surface area contributed by atoms with E-state index in [2.05, 4.69) is 25.1 Å². The third kappa shape index (κ3) is 4.96. The molecular formula is C22H22F3N7O. The second kappa shape index (κ2) is 9.15. The summed E-state index contributed by atoms with van der Waals surface area (Å²) in [6, 6.07) is 4.50. The van der Waals surface area contributed by atoms with Crippen LogP contribution in [-0.4, -0.2) is 70.3 Å². The van der Waals surface area contributed by atoms with Crippen molar-refractivity contribution in [1.29, 1.82) is 5.26 Å². The molecule has 2 aliphatic heterocycles. The first-order valence-electron chi connectivity index (χ1n) is 10.5. The molecule has 2 aliphatic rings. The number of piperazine rings is 1. The number of aromatic amines is 1. The Balaban J connectivity index is 1.35. The van der Waals surface area contributed by atoms with Crippen molar-refractivity contribution in [3.05, 3.63) is 53.0 Å². The Morgan fingerprint density at radius 2 is 2.12 bits per heavy atom. The number of rotatable bonds is 6. The number of hydrogen-bond donors (Lipinski definition) is 1. The van der Waals surface area contributed by atoms with Crippen LogP contribution in [0, 0.1) is 11.3 Å². The molecule has 0 amide bonds. The molecule has 1 atom stereocenters. The second-order valence-electron chi connectivity index (χ2n) is 8.07. The van der Waals surface area contributed by atoms with Gasteiger partial charge in [0, 0.05) is 38.4 Å². The fourth-order valence-electron chi connectivity index (χ4n) is 4.12. The maximum atomic E-state index is 12.8. The molecule has 0 aliphatic carbocycles. The number of hydrogen-bond acceptors (Lipinski definition) is 7. The van der Waals surface area contributed by atoms with Gasteiger partial charge in [0.05, 0.1) is 36.0 Å². The van der Waals surface area contributed by atoms with Gasteiger partial charge >= 0.3 is 6.18 Å². The number of pyridine rings is 1. The number of nitrogens with zero attached hydrogens (tertiary/aromatic N) is 6. The number of anilines is 1. The van der Waals surface area contributed by atoms with E-state index < -0.39 is 11.7 Å². The number of Topliss-reactive ketones (excluding diaryl/α,β-unsaturated/α-hetero) is 1. The first-order valence-corrected chi connectivity index (χ1v) is 10.5. The molecule has 0 spiro atoms. The van der Waals surface area contributed by atoms with Gasteiger partial charge in [-0.1, -0.05) is 6.08 Å². The van der Waals surface area contributed by atoms with Crippen molar-refractivity contribution < 1.29 is 18.0 Å². The SMILES string of the molecule is C[C@@H]1CN(CC2=CCN=C2C(=O)Cc2[nH]ncc2C#N)CCN1c1ccc(C(F)(F)F)cn1. The molecular weight excluding hydrogens is 435 g/mol. The highest BCUT2D eigenvalue weighted by molar-refractivity contribution is 6.47. The van der Waals surface area contributed by atoms with Crippen molar-refractivity contribution in [3.63, 3.8) is 0 Å². The van der Waals surface area contributed by atoms with Crippen LogP contribution in [0.2, 0.25) is 0 Å². The molecule has 0 bridgehead atoms. The van der Waals surface area contributed by atoms with Gasteiger partial charge in [-0.3, -0.25) is 19.8 Å². The highest BCUT2D eigenvalue weighted by Gasteiger charge is 2.32. The van der Waals surface area contributed by atoms with E-state index in [1.54, 1.807) is 0 Å². The Labute approximate surface area is 188 Å². The number of carbonyl (C=O) groups is 1. The van der Waals surface area contributed by atoms with Crippen LogP contribution in [0.4, 0.5) is 19.0 Å². The van der Waals surface area contributed by atoms with Crippen molar-refractivity contribution in [2.24, 2.45) is 4.99 Å². The van der Waals surface area contributed by atoms with Gasteiger partial charge in [-0.15, -0.1) is 0 Å². The molecule has 0 radical (unpaired) electrons. The lowest BCUT2D eigenvalue weighted by atomic mass is 10.0. The standard InChI is InChI=1S/C22H22F3N7O/c1-14-12-31(6-7-32(14)20-3-2-17(11-28-20)22(23,24)25)13-15-4-5-27-21(15)19(33)8-18-16(9-26)10-29-30-18/h2-4,10-11,14H,5-8,12-13H2,1H3,(H,29,30)/t14-/m1/s1. The van der Waals surface area contributed by atoms with Crippen LogP contribution in [0.3, 0.4) is 0 Å². The normalized spacial score (nSPS) is 19.2. The predicted molar refractivity (Wildman–Crippen MR) is 115 cm³/mol. The Hall–Kier alpha value is -3.52. The third-order valence-corrected chi connectivity index (χ3v) is 5.81. The summed E-state index contributed by atoms with van der Waals surface area (Å²) in [6.45, 7) is 4.93. The van der Waals surface area contributed by atoms with Crippen molar-refractivity contribution >= 4 is 17.3 Å². The van der Waals surface area contributed by atoms with E-state index in [4.69, 9.17) is 5.26 Å². The van der Waals surface area contributed by atoms with E-state index in [0.717, 1.165) is 17.8 Å². The number of halogens is 3. The number of aliphatic imine (C=N–C) groups is 1. The van der Waals surface area contributed by atoms with Gasteiger partial charge in [0.25, 0.3) is 0 Å². The largest absolute Gasteiger partial charge is 0.417 e. The predicted octanol–water partition coefficient (Wildman–Crippen LogP) is 2.40. The number of aromatic nitrogens is 3. The van der Waals surface area contributed by atoms with E-state index in [9.17, 15) is 18.0 Å². The summed E-state index contributed by atoms with van der Waals surface area (Å²) >= 11 is 0. The molecule has 1 N–H and O–H groups in total. The smallest absolute Gasteiger partial charge is 0.351 e. The molecule has 11 heteroatoms. The van der Waals surface area contributed by atoms with Gasteiger partial charge in [-0.05, 0) is 24.6 Å². The van der Waals surface area contributed by atoms with E-state index >= 15 is 0 Å². The summed E-state index contributed by atoms with van der Waals surface area (Å²) in [5.74, 6) is 0.348. The Bertz CT molecular complexity index is 1130. The van der Waals surface area contributed by atoms with Crippen LogP contribution in [0.1, 0.15) is 23.7 Å². The average molecular weight is 457 g/mol. The lowest BCUT2D eigenvalue weighted by Crippen LogP contribution is -2.53. The molecule has 4 heterocycles. The van der Waals surface area contributed by atoms with E-state index in [1.165, 1.54) is 12.3 Å². The lowest BCUT2D eigenvalue weighted by Gasteiger charge is -2.40. The van der Waals surface area contributed by atoms with Gasteiger partial charge < -0.3 is 4.90 Å². The fourth-order valence-corrected chi connectivity index (χ4v) is 4.12. The molecule has 1 saturated heterocycles. The van der Waals surface area contributed by atoms with Crippen molar-refractivity contribution in [1.82, 2.24) is 20.1 Å². The number of H-pyrrole nitrogens is 1. The quantitative estimate of drug-likeness (QED) is 0.715. The lowest BCUT2D eigenvalue weighted by molar-refractivity contribution is -0.137. The molecule has 2 aromatic rings. The van der Waals surface area contributed by atoms with Crippen LogP contribution in [0.5, 0.6) is 0 Å². The van der Waals surface area contributed by atoms with Gasteiger partial charge in [0.2, 0.25) is 0 Å². The average Bonchev–Trinajstić information content (AvgIpc) is 3.42. The van der Waals surface area contributed by atoms with Gasteiger partial charge in [-0.25, -0.2) is 4.98 Å². The Morgan fingerprint density at radius 3 is 2.79 bits per heavy atom. The zero-order valence-corrected chi connectivity index (χ0v) is 17.9. The fraction of sp³-hybridized carbons (Fsp3) is 0.409. The number of nitrogens with one attached hydrogen (secondary N) is 1. The Morgan fingerprint density at radius 1 is 1.30 bits per heavy atom. The van der Waals surface area contributed by atoms with Crippen LogP contribution >= 0.6 is 0 Å². The molecule has 4 rings (SSSR count). The monoisotopic (exact) mass is 457 g/mol. The van der Waals surface area contributed by atoms with Crippen LogP contribution in [-0.2, 0) is 17.4 Å². The third-order valence-electron chi connectivity index (χ3n) is 5.81. The molecule has 2 aromatic heterocycles. The second-order valence-corrected chi connectivity index (χ2v) is 8.07. The number of carbonyl (C=O) groups excluding carboxylic acids is 1. The summed E-state index contributed by atoms with van der Waals surface area (Å²) < 4.78 is 38.4. The van der Waals surface area contributed by atoms with Crippen LogP contribution in [0.25, 0.3) is 0 Å². The minimum absolute atomic E-state index is 0.0306. The molecule has 8 nitrogen and oxygen atoms in total. The summed E-state index contributed by atoms with van der Waals surface area (Å²) in [7, 11) is 0. The van der Waals surface area contributed by atoms with Crippen molar-refractivity contribution in [2.75, 3.05) is 37.6 Å². The first-order chi connectivity index (χ1) is 15.8. The summed E-state index contributed by atoms with van der Waals surface area (Å²) in [5.41, 5.74) is 1.33.